The number of hydrogen-bond acceptors (Lipinski definition) is 6. The smallest absolute Gasteiger partial charge is 0.407 e. The van der Waals surface area contributed by atoms with Gasteiger partial charge in [0.2, 0.25) is 5.95 Å². The number of anilines is 2. The third-order valence-corrected chi connectivity index (χ3v) is 4.02. The van der Waals surface area contributed by atoms with E-state index in [4.69, 9.17) is 10.8 Å². The van der Waals surface area contributed by atoms with E-state index >= 15 is 0 Å². The van der Waals surface area contributed by atoms with Crippen molar-refractivity contribution in [1.29, 1.82) is 0 Å². The molecule has 0 aromatic carbocycles. The van der Waals surface area contributed by atoms with Gasteiger partial charge in [-0.25, -0.2) is 9.78 Å². The topological polar surface area (TPSA) is 113 Å². The van der Waals surface area contributed by atoms with Gasteiger partial charge >= 0.3 is 6.09 Å². The molecule has 0 radical (unpaired) electrons. The van der Waals surface area contributed by atoms with Crippen LogP contribution < -0.4 is 10.6 Å². The van der Waals surface area contributed by atoms with Crippen molar-refractivity contribution < 1.29 is 9.90 Å². The molecular weight excluding hydrogens is 286 g/mol. The fourth-order valence-corrected chi connectivity index (χ4v) is 2.98. The Labute approximate surface area is 127 Å². The molecular formula is C13H19N7O2. The van der Waals surface area contributed by atoms with Crippen LogP contribution in [0.25, 0.3) is 11.0 Å². The third-order valence-electron chi connectivity index (χ3n) is 4.02. The first kappa shape index (κ1) is 14.4. The standard InChI is InChI=1S/C13H19N7O2/c1-7-6-19(13(21)22)4-5-20(7)11-10-9(15-12(14)16-11)8(2)17-18(10)3/h7H,4-6H2,1-3H3,(H,21,22)(H2,14,15,16)/t7-/m0/s1. The number of fused-ring (bicyclic) bond motifs is 1. The van der Waals surface area contributed by atoms with Gasteiger partial charge in [-0.05, 0) is 13.8 Å². The summed E-state index contributed by atoms with van der Waals surface area (Å²) in [6.45, 7) is 5.27. The second kappa shape index (κ2) is 5.00. The van der Waals surface area contributed by atoms with Gasteiger partial charge in [0.1, 0.15) is 11.0 Å². The van der Waals surface area contributed by atoms with Gasteiger partial charge in [0.25, 0.3) is 0 Å². The van der Waals surface area contributed by atoms with Gasteiger partial charge in [0.05, 0.1) is 5.69 Å². The van der Waals surface area contributed by atoms with Crippen LogP contribution in [0, 0.1) is 6.92 Å². The molecule has 1 aliphatic heterocycles. The van der Waals surface area contributed by atoms with Crippen LogP contribution in [0.3, 0.4) is 0 Å². The van der Waals surface area contributed by atoms with Gasteiger partial charge in [-0.3, -0.25) is 4.68 Å². The van der Waals surface area contributed by atoms with Crippen molar-refractivity contribution in [2.45, 2.75) is 19.9 Å². The minimum atomic E-state index is -0.893. The Bertz CT molecular complexity index is 742. The van der Waals surface area contributed by atoms with E-state index in [2.05, 4.69) is 20.0 Å². The first-order valence-corrected chi connectivity index (χ1v) is 7.09. The molecule has 1 saturated heterocycles. The number of rotatable bonds is 1. The number of nitrogens with zero attached hydrogens (tertiary/aromatic N) is 6. The molecule has 3 heterocycles. The van der Waals surface area contributed by atoms with E-state index in [0.29, 0.717) is 25.5 Å². The molecule has 0 aliphatic carbocycles. The van der Waals surface area contributed by atoms with E-state index < -0.39 is 6.09 Å². The molecule has 1 fully saturated rings. The summed E-state index contributed by atoms with van der Waals surface area (Å²) in [4.78, 5) is 23.3. The molecule has 0 bridgehead atoms. The largest absolute Gasteiger partial charge is 0.465 e. The maximum Gasteiger partial charge on any atom is 0.407 e. The monoisotopic (exact) mass is 305 g/mol. The van der Waals surface area contributed by atoms with Crippen molar-refractivity contribution in [2.75, 3.05) is 30.3 Å². The van der Waals surface area contributed by atoms with Gasteiger partial charge in [-0.15, -0.1) is 0 Å². The summed E-state index contributed by atoms with van der Waals surface area (Å²) in [5, 5.41) is 13.5. The molecule has 0 unspecified atom stereocenters. The summed E-state index contributed by atoms with van der Waals surface area (Å²) < 4.78 is 1.75. The predicted octanol–water partition coefficient (Wildman–Crippen LogP) is 0.442. The zero-order valence-electron chi connectivity index (χ0n) is 12.8. The minimum absolute atomic E-state index is 0.00226. The van der Waals surface area contributed by atoms with Crippen LogP contribution >= 0.6 is 0 Å². The number of carbonyl (C=O) groups is 1. The minimum Gasteiger partial charge on any atom is -0.465 e. The molecule has 3 N–H and O–H groups in total. The molecule has 2 aromatic rings. The fourth-order valence-electron chi connectivity index (χ4n) is 2.98. The Hall–Kier alpha value is -2.58. The maximum atomic E-state index is 11.1. The lowest BCUT2D eigenvalue weighted by Crippen LogP contribution is -2.53. The number of nitrogens with two attached hydrogens (primary N) is 1. The fraction of sp³-hybridized carbons (Fsp3) is 0.538. The van der Waals surface area contributed by atoms with Crippen molar-refractivity contribution in [2.24, 2.45) is 7.05 Å². The number of hydrogen-bond donors (Lipinski definition) is 2. The average molecular weight is 305 g/mol. The normalized spacial score (nSPS) is 19.0. The molecule has 0 saturated carbocycles. The highest BCUT2D eigenvalue weighted by Gasteiger charge is 2.30. The molecule has 2 aromatic heterocycles. The summed E-state index contributed by atoms with van der Waals surface area (Å²) in [5.41, 5.74) is 8.19. The van der Waals surface area contributed by atoms with Crippen LogP contribution in [0.4, 0.5) is 16.6 Å². The molecule has 9 heteroatoms. The third kappa shape index (κ3) is 2.18. The maximum absolute atomic E-state index is 11.1. The number of piperazine rings is 1. The van der Waals surface area contributed by atoms with Crippen molar-refractivity contribution in [3.63, 3.8) is 0 Å². The van der Waals surface area contributed by atoms with E-state index in [9.17, 15) is 4.79 Å². The van der Waals surface area contributed by atoms with Crippen LogP contribution in [0.2, 0.25) is 0 Å². The summed E-state index contributed by atoms with van der Waals surface area (Å²) in [7, 11) is 1.84. The summed E-state index contributed by atoms with van der Waals surface area (Å²) in [6, 6.07) is -0.00226. The van der Waals surface area contributed by atoms with Crippen LogP contribution in [-0.2, 0) is 7.05 Å². The first-order chi connectivity index (χ1) is 10.4. The van der Waals surface area contributed by atoms with E-state index in [0.717, 1.165) is 16.7 Å². The molecule has 3 rings (SSSR count). The first-order valence-electron chi connectivity index (χ1n) is 7.09. The SMILES string of the molecule is Cc1nn(C)c2c(N3CCN(C(=O)O)C[C@@H]3C)nc(N)nc12. The van der Waals surface area contributed by atoms with Gasteiger partial charge in [-0.1, -0.05) is 0 Å². The lowest BCUT2D eigenvalue weighted by atomic mass is 10.2. The van der Waals surface area contributed by atoms with Crippen molar-refractivity contribution >= 4 is 28.9 Å². The molecule has 22 heavy (non-hydrogen) atoms. The second-order valence-corrected chi connectivity index (χ2v) is 5.58. The molecule has 1 amide bonds. The van der Waals surface area contributed by atoms with Gasteiger partial charge in [0.15, 0.2) is 5.82 Å². The molecule has 9 nitrogen and oxygen atoms in total. The zero-order chi connectivity index (χ0) is 16.0. The number of nitrogen functional groups attached to an aromatic ring is 1. The number of amides is 1. The summed E-state index contributed by atoms with van der Waals surface area (Å²) >= 11 is 0. The lowest BCUT2D eigenvalue weighted by molar-refractivity contribution is 0.136. The van der Waals surface area contributed by atoms with Gasteiger partial charge in [-0.2, -0.15) is 10.1 Å². The quantitative estimate of drug-likeness (QED) is 0.786. The molecule has 1 atom stereocenters. The van der Waals surface area contributed by atoms with E-state index in [-0.39, 0.29) is 12.0 Å². The number of aromatic nitrogens is 4. The van der Waals surface area contributed by atoms with Crippen LogP contribution in [0.5, 0.6) is 0 Å². The lowest BCUT2D eigenvalue weighted by Gasteiger charge is -2.39. The van der Waals surface area contributed by atoms with Crippen LogP contribution in [0.1, 0.15) is 12.6 Å². The van der Waals surface area contributed by atoms with Crippen LogP contribution in [0.15, 0.2) is 0 Å². The van der Waals surface area contributed by atoms with Crippen molar-refractivity contribution in [3.8, 4) is 0 Å². The highest BCUT2D eigenvalue weighted by atomic mass is 16.4. The zero-order valence-corrected chi connectivity index (χ0v) is 12.8. The van der Waals surface area contributed by atoms with Crippen molar-refractivity contribution in [3.05, 3.63) is 5.69 Å². The Morgan fingerprint density at radius 1 is 1.36 bits per heavy atom. The molecule has 118 valence electrons. The van der Waals surface area contributed by atoms with E-state index in [1.54, 1.807) is 4.68 Å². The average Bonchev–Trinajstić information content (AvgIpc) is 2.73. The Morgan fingerprint density at radius 3 is 2.73 bits per heavy atom. The van der Waals surface area contributed by atoms with E-state index in [1.807, 2.05) is 20.9 Å². The summed E-state index contributed by atoms with van der Waals surface area (Å²) in [6.07, 6.45) is -0.893. The Kier molecular flexibility index (Phi) is 3.27. The highest BCUT2D eigenvalue weighted by molar-refractivity contribution is 5.89. The van der Waals surface area contributed by atoms with Gasteiger partial charge < -0.3 is 20.6 Å². The second-order valence-electron chi connectivity index (χ2n) is 5.58. The Balaban J connectivity index is 2.05. The number of carboxylic acid groups (broad SMARTS) is 1. The predicted molar refractivity (Wildman–Crippen MR) is 81.9 cm³/mol. The summed E-state index contributed by atoms with van der Waals surface area (Å²) in [5.74, 6) is 0.912. The van der Waals surface area contributed by atoms with E-state index in [1.165, 1.54) is 4.90 Å². The van der Waals surface area contributed by atoms with Crippen molar-refractivity contribution in [1.82, 2.24) is 24.6 Å². The van der Waals surface area contributed by atoms with Crippen LogP contribution in [-0.4, -0.2) is 61.5 Å². The molecule has 1 aliphatic rings. The Morgan fingerprint density at radius 2 is 2.09 bits per heavy atom. The van der Waals surface area contributed by atoms with Gasteiger partial charge in [0, 0.05) is 32.7 Å². The highest BCUT2D eigenvalue weighted by Crippen LogP contribution is 2.28. The molecule has 0 spiro atoms. The number of aryl methyl sites for hydroxylation is 2.